The summed E-state index contributed by atoms with van der Waals surface area (Å²) in [6, 6.07) is 0.841. The Morgan fingerprint density at radius 1 is 1.67 bits per heavy atom. The van der Waals surface area contributed by atoms with Crippen LogP contribution in [0.4, 0.5) is 0 Å². The van der Waals surface area contributed by atoms with Crippen molar-refractivity contribution in [1.29, 1.82) is 0 Å². The lowest BCUT2D eigenvalue weighted by atomic mass is 10.3. The Morgan fingerprint density at radius 3 is 3.07 bits per heavy atom. The molecule has 2 aromatic rings. The zero-order valence-electron chi connectivity index (χ0n) is 7.88. The molecule has 6 heteroatoms. The summed E-state index contributed by atoms with van der Waals surface area (Å²) in [7, 11) is 0. The van der Waals surface area contributed by atoms with E-state index in [0.717, 1.165) is 10.1 Å². The van der Waals surface area contributed by atoms with Gasteiger partial charge in [-0.25, -0.2) is 9.48 Å². The molecule has 15 heavy (non-hydrogen) atoms. The molecule has 2 rings (SSSR count). The van der Waals surface area contributed by atoms with E-state index in [4.69, 9.17) is 5.11 Å². The number of aromatic nitrogens is 2. The number of hydrogen-bond acceptors (Lipinski definition) is 4. The van der Waals surface area contributed by atoms with Crippen molar-refractivity contribution in [3.63, 3.8) is 0 Å². The molecule has 0 saturated carbocycles. The van der Waals surface area contributed by atoms with Gasteiger partial charge in [-0.15, -0.1) is 11.3 Å². The van der Waals surface area contributed by atoms with Crippen LogP contribution in [0.15, 0.2) is 22.4 Å². The molecule has 0 bridgehead atoms. The molecule has 1 atom stereocenters. The van der Waals surface area contributed by atoms with Gasteiger partial charge in [0.2, 0.25) is 0 Å². The third-order valence-corrected chi connectivity index (χ3v) is 3.06. The lowest BCUT2D eigenvalue weighted by Crippen LogP contribution is -2.29. The summed E-state index contributed by atoms with van der Waals surface area (Å²) in [6.45, 7) is 1.43. The van der Waals surface area contributed by atoms with E-state index in [1.165, 1.54) is 24.5 Å². The average Bonchev–Trinajstić information content (AvgIpc) is 2.66. The standard InChI is InChI=1S/C9H8N2O3S/c1-5(9(13)14)11-8(12)7-6(4-10-11)2-3-15-7/h2-5H,1H3,(H,13,14)/t5-/m1/s1. The number of carboxylic acids is 1. The second kappa shape index (κ2) is 3.47. The van der Waals surface area contributed by atoms with Crippen LogP contribution < -0.4 is 5.56 Å². The van der Waals surface area contributed by atoms with Crippen molar-refractivity contribution in [2.75, 3.05) is 0 Å². The SMILES string of the molecule is C[C@H](C(=O)O)n1ncc2ccsc2c1=O. The molecule has 0 amide bonds. The van der Waals surface area contributed by atoms with Crippen LogP contribution in [0.5, 0.6) is 0 Å². The fraction of sp³-hybridized carbons (Fsp3) is 0.222. The molecule has 0 saturated heterocycles. The number of rotatable bonds is 2. The summed E-state index contributed by atoms with van der Waals surface area (Å²) in [5.74, 6) is -1.07. The summed E-state index contributed by atoms with van der Waals surface area (Å²) < 4.78 is 1.53. The number of aliphatic carboxylic acids is 1. The molecule has 5 nitrogen and oxygen atoms in total. The van der Waals surface area contributed by atoms with Crippen LogP contribution in [0, 0.1) is 0 Å². The van der Waals surface area contributed by atoms with Gasteiger partial charge in [-0.1, -0.05) is 0 Å². The van der Waals surface area contributed by atoms with Crippen molar-refractivity contribution < 1.29 is 9.90 Å². The third-order valence-electron chi connectivity index (χ3n) is 2.14. The maximum atomic E-state index is 11.8. The fourth-order valence-corrected chi connectivity index (χ4v) is 2.06. The first-order chi connectivity index (χ1) is 7.11. The maximum absolute atomic E-state index is 11.8. The van der Waals surface area contributed by atoms with Crippen LogP contribution in [0.2, 0.25) is 0 Å². The van der Waals surface area contributed by atoms with Crippen LogP contribution in [0.3, 0.4) is 0 Å². The fourth-order valence-electron chi connectivity index (χ4n) is 1.26. The van der Waals surface area contributed by atoms with Gasteiger partial charge < -0.3 is 5.11 Å². The highest BCUT2D eigenvalue weighted by atomic mass is 32.1. The van der Waals surface area contributed by atoms with Crippen molar-refractivity contribution in [2.45, 2.75) is 13.0 Å². The molecule has 0 spiro atoms. The Hall–Kier alpha value is -1.69. The van der Waals surface area contributed by atoms with Gasteiger partial charge in [0.05, 0.1) is 6.20 Å². The van der Waals surface area contributed by atoms with Gasteiger partial charge in [-0.05, 0) is 18.4 Å². The first-order valence-corrected chi connectivity index (χ1v) is 5.17. The first kappa shape index (κ1) is 9.85. The van der Waals surface area contributed by atoms with Gasteiger partial charge >= 0.3 is 5.97 Å². The van der Waals surface area contributed by atoms with E-state index in [9.17, 15) is 9.59 Å². The predicted molar refractivity (Wildman–Crippen MR) is 56.2 cm³/mol. The van der Waals surface area contributed by atoms with Gasteiger partial charge in [0.25, 0.3) is 5.56 Å². The quantitative estimate of drug-likeness (QED) is 0.829. The molecule has 0 aliphatic heterocycles. The normalized spacial score (nSPS) is 12.9. The molecule has 1 N–H and O–H groups in total. The summed E-state index contributed by atoms with van der Waals surface area (Å²) in [5, 5.41) is 15.1. The average molecular weight is 224 g/mol. The van der Waals surface area contributed by atoms with Gasteiger partial charge in [0.1, 0.15) is 4.70 Å². The van der Waals surface area contributed by atoms with Crippen LogP contribution in [-0.2, 0) is 4.79 Å². The molecular weight excluding hydrogens is 216 g/mol. The molecule has 0 unspecified atom stereocenters. The monoisotopic (exact) mass is 224 g/mol. The Labute approximate surface area is 88.6 Å². The van der Waals surface area contributed by atoms with Gasteiger partial charge in [0.15, 0.2) is 6.04 Å². The summed E-state index contributed by atoms with van der Waals surface area (Å²) in [6.07, 6.45) is 1.51. The second-order valence-electron chi connectivity index (χ2n) is 3.11. The first-order valence-electron chi connectivity index (χ1n) is 4.29. The van der Waals surface area contributed by atoms with Gasteiger partial charge in [0, 0.05) is 5.39 Å². The van der Waals surface area contributed by atoms with Crippen molar-refractivity contribution in [3.05, 3.63) is 28.0 Å². The van der Waals surface area contributed by atoms with E-state index in [1.54, 1.807) is 11.4 Å². The van der Waals surface area contributed by atoms with Crippen molar-refractivity contribution in [1.82, 2.24) is 9.78 Å². The molecule has 0 fully saturated rings. The van der Waals surface area contributed by atoms with Crippen LogP contribution in [0.1, 0.15) is 13.0 Å². The molecule has 78 valence electrons. The molecule has 2 aromatic heterocycles. The van der Waals surface area contributed by atoms with Crippen LogP contribution in [0.25, 0.3) is 10.1 Å². The molecule has 0 aliphatic rings. The van der Waals surface area contributed by atoms with E-state index in [-0.39, 0.29) is 5.56 Å². The zero-order valence-corrected chi connectivity index (χ0v) is 8.69. The van der Waals surface area contributed by atoms with Gasteiger partial charge in [-0.2, -0.15) is 5.10 Å². The smallest absolute Gasteiger partial charge is 0.328 e. The van der Waals surface area contributed by atoms with E-state index in [2.05, 4.69) is 5.10 Å². The number of thiophene rings is 1. The van der Waals surface area contributed by atoms with E-state index < -0.39 is 12.0 Å². The topological polar surface area (TPSA) is 72.2 Å². The molecule has 2 heterocycles. The van der Waals surface area contributed by atoms with E-state index >= 15 is 0 Å². The lowest BCUT2D eigenvalue weighted by Gasteiger charge is -2.07. The highest BCUT2D eigenvalue weighted by molar-refractivity contribution is 7.17. The third kappa shape index (κ3) is 1.52. The van der Waals surface area contributed by atoms with Crippen LogP contribution >= 0.6 is 11.3 Å². The summed E-state index contributed by atoms with van der Waals surface area (Å²) in [5.41, 5.74) is -0.350. The minimum absolute atomic E-state index is 0.350. The Balaban J connectivity index is 2.67. The highest BCUT2D eigenvalue weighted by Crippen LogP contribution is 2.15. The number of carboxylic acid groups (broad SMARTS) is 1. The van der Waals surface area contributed by atoms with Crippen molar-refractivity contribution in [3.8, 4) is 0 Å². The summed E-state index contributed by atoms with van der Waals surface area (Å²) in [4.78, 5) is 22.5. The van der Waals surface area contributed by atoms with E-state index in [1.807, 2.05) is 0 Å². The minimum atomic E-state index is -1.07. The number of hydrogen-bond donors (Lipinski definition) is 1. The Bertz CT molecular complexity index is 572. The van der Waals surface area contributed by atoms with Gasteiger partial charge in [-0.3, -0.25) is 4.79 Å². The maximum Gasteiger partial charge on any atom is 0.328 e. The minimum Gasteiger partial charge on any atom is -0.480 e. The van der Waals surface area contributed by atoms with Crippen molar-refractivity contribution >= 4 is 27.4 Å². The lowest BCUT2D eigenvalue weighted by molar-refractivity contribution is -0.140. The zero-order chi connectivity index (χ0) is 11.0. The largest absolute Gasteiger partial charge is 0.480 e. The Morgan fingerprint density at radius 2 is 2.40 bits per heavy atom. The molecule has 0 aromatic carbocycles. The van der Waals surface area contributed by atoms with Crippen LogP contribution in [-0.4, -0.2) is 20.9 Å². The number of fused-ring (bicyclic) bond motifs is 1. The molecule has 0 aliphatic carbocycles. The second-order valence-corrected chi connectivity index (χ2v) is 4.03. The summed E-state index contributed by atoms with van der Waals surface area (Å²) >= 11 is 1.29. The number of nitrogens with zero attached hydrogens (tertiary/aromatic N) is 2. The van der Waals surface area contributed by atoms with E-state index in [0.29, 0.717) is 4.70 Å². The predicted octanol–water partition coefficient (Wildman–Crippen LogP) is 1.10. The Kier molecular flexibility index (Phi) is 2.28. The molecule has 0 radical (unpaired) electrons. The number of carbonyl (C=O) groups is 1. The highest BCUT2D eigenvalue weighted by Gasteiger charge is 2.17. The molecular formula is C9H8N2O3S. The van der Waals surface area contributed by atoms with Crippen molar-refractivity contribution in [2.24, 2.45) is 0 Å².